The lowest BCUT2D eigenvalue weighted by atomic mass is 10.0. The van der Waals surface area contributed by atoms with E-state index in [0.29, 0.717) is 35.4 Å². The number of rotatable bonds is 10. The van der Waals surface area contributed by atoms with Gasteiger partial charge in [0.05, 0.1) is 28.4 Å². The van der Waals surface area contributed by atoms with Gasteiger partial charge in [0.15, 0.2) is 0 Å². The molecule has 3 aromatic carbocycles. The molecule has 2 aromatic heterocycles. The van der Waals surface area contributed by atoms with Crippen LogP contribution in [0.15, 0.2) is 60.8 Å². The molecular weight excluding hydrogens is 571 g/mol. The van der Waals surface area contributed by atoms with Crippen LogP contribution in [0.1, 0.15) is 52.1 Å². The molecule has 0 aliphatic heterocycles. The van der Waals surface area contributed by atoms with Gasteiger partial charge in [-0.3, -0.25) is 0 Å². The summed E-state index contributed by atoms with van der Waals surface area (Å²) in [5, 5.41) is 18.8. The molecule has 0 bridgehead atoms. The largest absolute Gasteiger partial charge is 0.478 e. The first kappa shape index (κ1) is 28.9. The third-order valence-electron chi connectivity index (χ3n) is 7.95. The van der Waals surface area contributed by atoms with Crippen molar-refractivity contribution in [1.82, 2.24) is 19.5 Å². The Morgan fingerprint density at radius 1 is 1.05 bits per heavy atom. The lowest BCUT2D eigenvalue weighted by Crippen LogP contribution is -2.15. The molecule has 1 aliphatic carbocycles. The maximum atomic E-state index is 15.5. The Morgan fingerprint density at radius 3 is 2.50 bits per heavy atom. The number of carbonyl (C=O) groups is 1. The zero-order chi connectivity index (χ0) is 31.0. The maximum Gasteiger partial charge on any atom is 0.335 e. The molecule has 0 saturated heterocycles. The zero-order valence-corrected chi connectivity index (χ0v) is 23.6. The lowest BCUT2D eigenvalue weighted by Gasteiger charge is -2.16. The fourth-order valence-corrected chi connectivity index (χ4v) is 5.25. The van der Waals surface area contributed by atoms with Crippen LogP contribution in [-0.2, 0) is 19.6 Å². The molecule has 0 unspecified atom stereocenters. The van der Waals surface area contributed by atoms with E-state index >= 15 is 8.78 Å². The summed E-state index contributed by atoms with van der Waals surface area (Å²) < 4.78 is 52.6. The van der Waals surface area contributed by atoms with E-state index in [0.717, 1.165) is 30.5 Å². The van der Waals surface area contributed by atoms with E-state index in [1.165, 1.54) is 30.5 Å². The Kier molecular flexibility index (Phi) is 7.51. The Bertz CT molecular complexity index is 1940. The first-order valence-corrected chi connectivity index (χ1v) is 13.9. The first-order chi connectivity index (χ1) is 21.1. The van der Waals surface area contributed by atoms with Gasteiger partial charge in [0, 0.05) is 47.7 Å². The molecule has 222 valence electrons. The van der Waals surface area contributed by atoms with Crippen LogP contribution < -0.4 is 4.74 Å². The van der Waals surface area contributed by atoms with E-state index in [4.69, 9.17) is 4.74 Å². The molecule has 11 heteroatoms. The molecule has 1 saturated carbocycles. The number of hydrogen-bond donors (Lipinski definition) is 1. The number of aromatic nitrogens is 4. The van der Waals surface area contributed by atoms with Crippen molar-refractivity contribution in [1.29, 1.82) is 5.26 Å². The van der Waals surface area contributed by atoms with Crippen LogP contribution in [0.4, 0.5) is 13.2 Å². The van der Waals surface area contributed by atoms with Gasteiger partial charge in [-0.15, -0.1) is 0 Å². The number of nitrogens with zero attached hydrogens (tertiary/aromatic N) is 5. The normalized spacial score (nSPS) is 13.5. The minimum atomic E-state index is -1.10. The van der Waals surface area contributed by atoms with Crippen molar-refractivity contribution in [3.8, 4) is 23.3 Å². The number of ether oxygens (including phenoxy) is 1. The van der Waals surface area contributed by atoms with Crippen LogP contribution in [0.2, 0.25) is 0 Å². The van der Waals surface area contributed by atoms with Gasteiger partial charge in [-0.25, -0.2) is 27.9 Å². The Labute approximate surface area is 250 Å². The van der Waals surface area contributed by atoms with Crippen LogP contribution >= 0.6 is 0 Å². The van der Waals surface area contributed by atoms with Gasteiger partial charge < -0.3 is 14.4 Å². The van der Waals surface area contributed by atoms with Crippen molar-refractivity contribution in [2.75, 3.05) is 0 Å². The summed E-state index contributed by atoms with van der Waals surface area (Å²) in [5.74, 6) is -2.79. The van der Waals surface area contributed by atoms with E-state index in [9.17, 15) is 19.6 Å². The Morgan fingerprint density at radius 2 is 1.82 bits per heavy atom. The third-order valence-corrected chi connectivity index (χ3v) is 7.95. The SMILES string of the molecule is Cc1ccc(COc2nccc(-c3cc(F)c(Cc4nc5ccc(C(=O)O)cc5n4CC4(CC#N)CC4)c(F)c3)n2)c(F)c1. The van der Waals surface area contributed by atoms with Crippen molar-refractivity contribution in [3.05, 3.63) is 106 Å². The average Bonchev–Trinajstić information content (AvgIpc) is 3.67. The van der Waals surface area contributed by atoms with E-state index in [2.05, 4.69) is 21.0 Å². The molecule has 1 fully saturated rings. The van der Waals surface area contributed by atoms with Gasteiger partial charge in [-0.1, -0.05) is 12.1 Å². The van der Waals surface area contributed by atoms with Crippen LogP contribution in [0.25, 0.3) is 22.3 Å². The van der Waals surface area contributed by atoms with Gasteiger partial charge >= 0.3 is 12.0 Å². The van der Waals surface area contributed by atoms with E-state index in [-0.39, 0.29) is 46.8 Å². The number of aryl methyl sites for hydroxylation is 1. The second-order valence-corrected chi connectivity index (χ2v) is 11.2. The molecule has 0 amide bonds. The molecule has 6 rings (SSSR count). The van der Waals surface area contributed by atoms with Gasteiger partial charge in [-0.05, 0) is 67.8 Å². The highest BCUT2D eigenvalue weighted by atomic mass is 19.1. The topological polar surface area (TPSA) is 114 Å². The standard InChI is InChI=1S/C33H26F3N5O3/c1-19-2-3-21(24(34)12-19)17-44-32-38-11-6-27(40-32)22-13-25(35)23(26(36)14-22)16-30-39-28-5-4-20(31(42)43)15-29(28)41(30)18-33(7-8-33)9-10-37/h2-6,11-15H,7-9,16-18H2,1H3,(H,42,43). The second kappa shape index (κ2) is 11.4. The predicted molar refractivity (Wildman–Crippen MR) is 154 cm³/mol. The molecule has 8 nitrogen and oxygen atoms in total. The summed E-state index contributed by atoms with van der Waals surface area (Å²) in [6.07, 6.45) is 3.14. The van der Waals surface area contributed by atoms with Crippen molar-refractivity contribution in [2.45, 2.75) is 45.8 Å². The number of aromatic carboxylic acids is 1. The molecule has 5 aromatic rings. The second-order valence-electron chi connectivity index (χ2n) is 11.2. The molecule has 1 aliphatic rings. The molecule has 44 heavy (non-hydrogen) atoms. The predicted octanol–water partition coefficient (Wildman–Crippen LogP) is 6.78. The number of hydrogen-bond acceptors (Lipinski definition) is 6. The fourth-order valence-electron chi connectivity index (χ4n) is 5.25. The highest BCUT2D eigenvalue weighted by Gasteiger charge is 2.43. The van der Waals surface area contributed by atoms with Gasteiger partial charge in [0.25, 0.3) is 0 Å². The highest BCUT2D eigenvalue weighted by molar-refractivity contribution is 5.92. The van der Waals surface area contributed by atoms with Crippen molar-refractivity contribution < 1.29 is 27.8 Å². The van der Waals surface area contributed by atoms with E-state index < -0.39 is 23.4 Å². The molecule has 0 spiro atoms. The number of imidazole rings is 1. The minimum absolute atomic E-state index is 0.0641. The fraction of sp³-hybridized carbons (Fsp3) is 0.242. The van der Waals surface area contributed by atoms with Crippen molar-refractivity contribution in [2.24, 2.45) is 5.41 Å². The van der Waals surface area contributed by atoms with Crippen LogP contribution in [0.5, 0.6) is 6.01 Å². The summed E-state index contributed by atoms with van der Waals surface area (Å²) in [7, 11) is 0. The molecular formula is C33H26F3N5O3. The summed E-state index contributed by atoms with van der Waals surface area (Å²) in [5.41, 5.74) is 2.05. The Hall–Kier alpha value is -5.24. The number of halogens is 3. The highest BCUT2D eigenvalue weighted by Crippen LogP contribution is 2.50. The Balaban J connectivity index is 1.29. The summed E-state index contributed by atoms with van der Waals surface area (Å²) in [6, 6.07) is 15.2. The van der Waals surface area contributed by atoms with Crippen molar-refractivity contribution >= 4 is 17.0 Å². The minimum Gasteiger partial charge on any atom is -0.478 e. The average molecular weight is 598 g/mol. The monoisotopic (exact) mass is 597 g/mol. The molecule has 0 radical (unpaired) electrons. The molecule has 1 N–H and O–H groups in total. The van der Waals surface area contributed by atoms with Gasteiger partial charge in [0.1, 0.15) is 29.9 Å². The zero-order valence-electron chi connectivity index (χ0n) is 23.6. The first-order valence-electron chi connectivity index (χ1n) is 13.9. The number of benzene rings is 3. The summed E-state index contributed by atoms with van der Waals surface area (Å²) in [4.78, 5) is 24.5. The number of carboxylic acids is 1. The lowest BCUT2D eigenvalue weighted by molar-refractivity contribution is 0.0697. The number of fused-ring (bicyclic) bond motifs is 1. The van der Waals surface area contributed by atoms with Crippen LogP contribution in [-0.4, -0.2) is 30.6 Å². The van der Waals surface area contributed by atoms with Crippen LogP contribution in [0, 0.1) is 41.1 Å². The van der Waals surface area contributed by atoms with E-state index in [1.54, 1.807) is 29.7 Å². The third kappa shape index (κ3) is 5.83. The molecule has 0 atom stereocenters. The number of nitriles is 1. The molecule has 2 heterocycles. The summed E-state index contributed by atoms with van der Waals surface area (Å²) in [6.45, 7) is 2.03. The van der Waals surface area contributed by atoms with Gasteiger partial charge in [0.2, 0.25) is 0 Å². The van der Waals surface area contributed by atoms with E-state index in [1.807, 2.05) is 0 Å². The van der Waals surface area contributed by atoms with Crippen LogP contribution in [0.3, 0.4) is 0 Å². The van der Waals surface area contributed by atoms with Crippen molar-refractivity contribution in [3.63, 3.8) is 0 Å². The number of carboxylic acid groups (broad SMARTS) is 1. The maximum absolute atomic E-state index is 15.5. The van der Waals surface area contributed by atoms with Gasteiger partial charge in [-0.2, -0.15) is 10.2 Å². The quantitative estimate of drug-likeness (QED) is 0.189. The smallest absolute Gasteiger partial charge is 0.335 e. The summed E-state index contributed by atoms with van der Waals surface area (Å²) >= 11 is 0.